The number of anilines is 1. The summed E-state index contributed by atoms with van der Waals surface area (Å²) in [4.78, 5) is 22.6. The van der Waals surface area contributed by atoms with Crippen molar-refractivity contribution in [1.29, 1.82) is 0 Å². The van der Waals surface area contributed by atoms with Gasteiger partial charge in [-0.05, 0) is 72.7 Å². The van der Waals surface area contributed by atoms with Gasteiger partial charge < -0.3 is 15.3 Å². The number of fused-ring (bicyclic) bond motifs is 1. The van der Waals surface area contributed by atoms with Crippen LogP contribution in [0.1, 0.15) is 46.9 Å². The first-order valence-electron chi connectivity index (χ1n) is 13.9. The third kappa shape index (κ3) is 5.78. The smallest absolute Gasteiger partial charge is 0.271 e. The van der Waals surface area contributed by atoms with E-state index in [0.717, 1.165) is 42.0 Å². The van der Waals surface area contributed by atoms with E-state index in [9.17, 15) is 23.1 Å². The number of amides is 1. The van der Waals surface area contributed by atoms with Crippen molar-refractivity contribution < 1.29 is 23.1 Å². The second-order valence-corrected chi connectivity index (χ2v) is 11.7. The van der Waals surface area contributed by atoms with Crippen molar-refractivity contribution in [1.82, 2.24) is 24.8 Å². The van der Waals surface area contributed by atoms with E-state index in [4.69, 9.17) is 0 Å². The third-order valence-corrected chi connectivity index (χ3v) is 8.83. The molecule has 2 N–H and O–H groups in total. The predicted octanol–water partition coefficient (Wildman–Crippen LogP) is 5.12. The van der Waals surface area contributed by atoms with Crippen LogP contribution in [0, 0.1) is 11.6 Å². The zero-order valence-electron chi connectivity index (χ0n) is 23.0. The van der Waals surface area contributed by atoms with Gasteiger partial charge in [0, 0.05) is 37.0 Å². The van der Waals surface area contributed by atoms with Crippen molar-refractivity contribution in [2.24, 2.45) is 0 Å². The van der Waals surface area contributed by atoms with Gasteiger partial charge in [-0.25, -0.2) is 22.7 Å². The highest BCUT2D eigenvalue weighted by atomic mass is 32.2. The van der Waals surface area contributed by atoms with Gasteiger partial charge in [0.25, 0.3) is 5.91 Å². The summed E-state index contributed by atoms with van der Waals surface area (Å²) in [5.74, 6) is -1.19. The maximum Gasteiger partial charge on any atom is 0.271 e. The number of alkyl halides is 1. The molecule has 8 nitrogen and oxygen atoms in total. The Morgan fingerprint density at radius 3 is 2.69 bits per heavy atom. The lowest BCUT2D eigenvalue weighted by Gasteiger charge is -2.32. The van der Waals surface area contributed by atoms with E-state index < -0.39 is 18.0 Å². The van der Waals surface area contributed by atoms with E-state index in [0.29, 0.717) is 18.0 Å². The highest BCUT2D eigenvalue weighted by Gasteiger charge is 2.36. The molecule has 0 aliphatic carbocycles. The molecule has 0 unspecified atom stereocenters. The van der Waals surface area contributed by atoms with Crippen LogP contribution in [-0.4, -0.2) is 68.6 Å². The molecule has 0 saturated carbocycles. The first kappa shape index (κ1) is 28.4. The number of likely N-dealkylation sites (tertiary alicyclic amines) is 1. The van der Waals surface area contributed by atoms with Gasteiger partial charge in [-0.3, -0.25) is 9.69 Å². The van der Waals surface area contributed by atoms with Gasteiger partial charge >= 0.3 is 0 Å². The molecule has 1 amide bonds. The predicted molar refractivity (Wildman–Crippen MR) is 155 cm³/mol. The Labute approximate surface area is 245 Å². The Morgan fingerprint density at radius 2 is 1.93 bits per heavy atom. The fourth-order valence-electron chi connectivity index (χ4n) is 5.88. The van der Waals surface area contributed by atoms with Crippen molar-refractivity contribution in [2.75, 3.05) is 30.8 Å². The number of benzene rings is 2. The number of hydrogen-bond donors (Lipinski definition) is 2. The second kappa shape index (κ2) is 11.8. The average Bonchev–Trinajstić information content (AvgIpc) is 3.59. The zero-order chi connectivity index (χ0) is 29.4. The molecule has 2 aliphatic rings. The number of aromatic hydroxyl groups is 1. The zero-order valence-corrected chi connectivity index (χ0v) is 23.8. The van der Waals surface area contributed by atoms with Crippen LogP contribution in [0.15, 0.2) is 59.6 Å². The molecule has 2 saturated heterocycles. The summed E-state index contributed by atoms with van der Waals surface area (Å²) >= 11 is 1.49. The summed E-state index contributed by atoms with van der Waals surface area (Å²) in [5, 5.41) is 17.4. The number of thioether (sulfide) groups is 1. The normalized spacial score (nSPS) is 20.0. The molecule has 2 aromatic heterocycles. The minimum Gasteiger partial charge on any atom is -0.505 e. The minimum absolute atomic E-state index is 0.0442. The minimum atomic E-state index is -1.10. The van der Waals surface area contributed by atoms with Crippen LogP contribution in [0.2, 0.25) is 0 Å². The SMILES string of the molecule is CSc1ccc(F)cc1[C@H]1C[C@H](F)CN1c1ccc2ncc(C(=O)NC3CCN(Cc4ccc(F)c(O)c4)CC3)n2n1. The van der Waals surface area contributed by atoms with Crippen LogP contribution in [0.4, 0.5) is 19.0 Å². The van der Waals surface area contributed by atoms with Crippen molar-refractivity contribution in [3.8, 4) is 5.75 Å². The molecule has 4 aromatic rings. The molecular formula is C30H31F3N6O2S. The van der Waals surface area contributed by atoms with E-state index in [1.165, 1.54) is 46.7 Å². The van der Waals surface area contributed by atoms with Crippen molar-refractivity contribution in [3.63, 3.8) is 0 Å². The summed E-state index contributed by atoms with van der Waals surface area (Å²) in [6.07, 6.45) is 3.96. The van der Waals surface area contributed by atoms with Crippen LogP contribution < -0.4 is 10.2 Å². The maximum atomic E-state index is 14.8. The van der Waals surface area contributed by atoms with Crippen LogP contribution in [-0.2, 0) is 6.54 Å². The molecule has 0 radical (unpaired) electrons. The summed E-state index contributed by atoms with van der Waals surface area (Å²) in [6, 6.07) is 12.0. The highest BCUT2D eigenvalue weighted by Crippen LogP contribution is 2.40. The van der Waals surface area contributed by atoms with E-state index in [2.05, 4.69) is 20.3 Å². The Hall–Kier alpha value is -3.77. The molecule has 0 spiro atoms. The summed E-state index contributed by atoms with van der Waals surface area (Å²) in [5.41, 5.74) is 2.31. The highest BCUT2D eigenvalue weighted by molar-refractivity contribution is 7.98. The van der Waals surface area contributed by atoms with Crippen molar-refractivity contribution in [2.45, 2.75) is 49.0 Å². The van der Waals surface area contributed by atoms with Crippen LogP contribution >= 0.6 is 11.8 Å². The molecule has 0 bridgehead atoms. The van der Waals surface area contributed by atoms with Gasteiger partial charge in [0.2, 0.25) is 0 Å². The fraction of sp³-hybridized carbons (Fsp3) is 0.367. The lowest BCUT2D eigenvalue weighted by molar-refractivity contribution is 0.0901. The lowest BCUT2D eigenvalue weighted by atomic mass is 10.0. The van der Waals surface area contributed by atoms with Gasteiger partial charge in [0.1, 0.15) is 17.8 Å². The van der Waals surface area contributed by atoms with Crippen molar-refractivity contribution in [3.05, 3.63) is 83.2 Å². The monoisotopic (exact) mass is 596 g/mol. The quantitative estimate of drug-likeness (QED) is 0.287. The number of hydrogen-bond acceptors (Lipinski definition) is 7. The molecule has 220 valence electrons. The Balaban J connectivity index is 1.15. The number of imidazole rings is 1. The average molecular weight is 597 g/mol. The molecule has 12 heteroatoms. The van der Waals surface area contributed by atoms with Gasteiger partial charge in [0.15, 0.2) is 22.9 Å². The van der Waals surface area contributed by atoms with Crippen LogP contribution in [0.25, 0.3) is 5.65 Å². The molecule has 2 aromatic carbocycles. The van der Waals surface area contributed by atoms with E-state index in [-0.39, 0.29) is 42.2 Å². The number of piperidine rings is 1. The number of carbonyl (C=O) groups is 1. The van der Waals surface area contributed by atoms with Crippen LogP contribution in [0.5, 0.6) is 5.75 Å². The number of phenolic OH excluding ortho intramolecular Hbond substituents is 1. The number of carbonyl (C=O) groups excluding carboxylic acids is 1. The van der Waals surface area contributed by atoms with Gasteiger partial charge in [-0.2, -0.15) is 0 Å². The Kier molecular flexibility index (Phi) is 8.00. The third-order valence-electron chi connectivity index (χ3n) is 8.02. The summed E-state index contributed by atoms with van der Waals surface area (Å²) in [6.45, 7) is 2.16. The molecular weight excluding hydrogens is 565 g/mol. The molecule has 6 rings (SSSR count). The Morgan fingerprint density at radius 1 is 1.12 bits per heavy atom. The molecule has 2 aliphatic heterocycles. The van der Waals surface area contributed by atoms with Crippen molar-refractivity contribution >= 4 is 29.1 Å². The summed E-state index contributed by atoms with van der Waals surface area (Å²) < 4.78 is 43.8. The number of rotatable bonds is 7. The van der Waals surface area contributed by atoms with E-state index >= 15 is 0 Å². The number of nitrogens with zero attached hydrogens (tertiary/aromatic N) is 5. The second-order valence-electron chi connectivity index (χ2n) is 10.8. The molecule has 2 atom stereocenters. The largest absolute Gasteiger partial charge is 0.505 e. The number of halogens is 3. The number of phenols is 1. The first-order valence-corrected chi connectivity index (χ1v) is 15.1. The van der Waals surface area contributed by atoms with Gasteiger partial charge in [-0.15, -0.1) is 16.9 Å². The Bertz CT molecular complexity index is 1610. The number of nitrogens with one attached hydrogen (secondary N) is 1. The molecule has 4 heterocycles. The van der Waals surface area contributed by atoms with Crippen LogP contribution in [0.3, 0.4) is 0 Å². The molecule has 2 fully saturated rings. The van der Waals surface area contributed by atoms with Gasteiger partial charge in [-0.1, -0.05) is 6.07 Å². The van der Waals surface area contributed by atoms with E-state index in [1.54, 1.807) is 24.3 Å². The number of aromatic nitrogens is 3. The lowest BCUT2D eigenvalue weighted by Crippen LogP contribution is -2.44. The topological polar surface area (TPSA) is 86.0 Å². The van der Waals surface area contributed by atoms with Gasteiger partial charge in [0.05, 0.1) is 18.8 Å². The molecule has 42 heavy (non-hydrogen) atoms. The van der Waals surface area contributed by atoms with E-state index in [1.807, 2.05) is 11.2 Å². The summed E-state index contributed by atoms with van der Waals surface area (Å²) in [7, 11) is 0. The standard InChI is InChI=1S/C30H31F3N6O2S/c1-42-27-5-3-19(31)13-22(27)24-14-20(32)17-38(24)29-7-6-28-34-15-25(39(28)36-29)30(41)35-21-8-10-37(11-9-21)16-18-2-4-23(33)26(40)12-18/h2-7,12-13,15,20-21,24,40H,8-11,14,16-17H2,1H3,(H,35,41)/t20-,24+/m0/s1. The fourth-order valence-corrected chi connectivity index (χ4v) is 6.51. The maximum absolute atomic E-state index is 14.8. The first-order chi connectivity index (χ1) is 20.3.